The van der Waals surface area contributed by atoms with E-state index in [9.17, 15) is 8.78 Å². The molecule has 0 aliphatic rings. The van der Waals surface area contributed by atoms with Crippen molar-refractivity contribution in [3.63, 3.8) is 0 Å². The molecule has 13 heavy (non-hydrogen) atoms. The Balaban J connectivity index is 3.22. The number of hydrogen-bond acceptors (Lipinski definition) is 1. The predicted octanol–water partition coefficient (Wildman–Crippen LogP) is 3.88. The maximum absolute atomic E-state index is 12.3. The average Bonchev–Trinajstić information content (AvgIpc) is 2.03. The molecule has 0 aliphatic heterocycles. The molecule has 0 fully saturated rings. The smallest absolute Gasteiger partial charge is 0.249 e. The molecule has 0 N–H and O–H groups in total. The van der Waals surface area contributed by atoms with E-state index in [2.05, 4.69) is 20.9 Å². The van der Waals surface area contributed by atoms with Gasteiger partial charge in [0.25, 0.3) is 6.43 Å². The van der Waals surface area contributed by atoms with Gasteiger partial charge in [0.2, 0.25) is 0 Å². The largest absolute Gasteiger partial charge is 0.281 e. The first-order valence-corrected chi connectivity index (χ1v) is 5.06. The summed E-state index contributed by atoms with van der Waals surface area (Å²) in [5.41, 5.74) is 1.06. The SMILES string of the molecule is Cc1cc(Cl)c(C(F)F)nc1CBr. The third kappa shape index (κ3) is 2.38. The molecule has 0 atom stereocenters. The van der Waals surface area contributed by atoms with Gasteiger partial charge in [-0.25, -0.2) is 13.8 Å². The van der Waals surface area contributed by atoms with Crippen molar-refractivity contribution < 1.29 is 8.78 Å². The zero-order valence-electron chi connectivity index (χ0n) is 6.82. The number of nitrogens with zero attached hydrogens (tertiary/aromatic N) is 1. The summed E-state index contributed by atoms with van der Waals surface area (Å²) in [7, 11) is 0. The third-order valence-electron chi connectivity index (χ3n) is 1.63. The number of pyridine rings is 1. The normalized spacial score (nSPS) is 10.9. The van der Waals surface area contributed by atoms with Gasteiger partial charge in [0, 0.05) is 5.33 Å². The van der Waals surface area contributed by atoms with Crippen LogP contribution in [0.2, 0.25) is 5.02 Å². The Morgan fingerprint density at radius 2 is 2.23 bits per heavy atom. The molecular formula is C8H7BrClF2N. The summed E-state index contributed by atoms with van der Waals surface area (Å²) in [4.78, 5) is 3.76. The molecular weight excluding hydrogens is 263 g/mol. The average molecular weight is 271 g/mol. The molecule has 0 aliphatic carbocycles. The monoisotopic (exact) mass is 269 g/mol. The van der Waals surface area contributed by atoms with E-state index in [1.54, 1.807) is 6.92 Å². The first-order chi connectivity index (χ1) is 6.06. The number of alkyl halides is 3. The van der Waals surface area contributed by atoms with Gasteiger partial charge in [0.05, 0.1) is 10.7 Å². The standard InChI is InChI=1S/C8H7BrClF2N/c1-4-2-5(10)7(8(11)12)13-6(4)3-9/h2,8H,3H2,1H3. The van der Waals surface area contributed by atoms with E-state index in [-0.39, 0.29) is 10.7 Å². The van der Waals surface area contributed by atoms with E-state index in [1.807, 2.05) is 0 Å². The van der Waals surface area contributed by atoms with Crippen molar-refractivity contribution in [3.05, 3.63) is 28.0 Å². The Labute approximate surface area is 88.2 Å². The molecule has 0 unspecified atom stereocenters. The number of halogens is 4. The van der Waals surface area contributed by atoms with Gasteiger partial charge in [-0.2, -0.15) is 0 Å². The van der Waals surface area contributed by atoms with Gasteiger partial charge in [-0.3, -0.25) is 0 Å². The molecule has 0 saturated carbocycles. The van der Waals surface area contributed by atoms with Crippen molar-refractivity contribution in [2.45, 2.75) is 18.7 Å². The Morgan fingerprint density at radius 1 is 1.62 bits per heavy atom. The maximum atomic E-state index is 12.3. The molecule has 0 saturated heterocycles. The van der Waals surface area contributed by atoms with Gasteiger partial charge < -0.3 is 0 Å². The molecule has 1 heterocycles. The quantitative estimate of drug-likeness (QED) is 0.743. The first kappa shape index (κ1) is 10.9. The summed E-state index contributed by atoms with van der Waals surface area (Å²) in [5, 5.41) is 0.479. The molecule has 72 valence electrons. The summed E-state index contributed by atoms with van der Waals surface area (Å²) in [6.07, 6.45) is -2.62. The van der Waals surface area contributed by atoms with E-state index in [0.717, 1.165) is 5.56 Å². The minimum Gasteiger partial charge on any atom is -0.249 e. The van der Waals surface area contributed by atoms with Gasteiger partial charge >= 0.3 is 0 Å². The lowest BCUT2D eigenvalue weighted by Crippen LogP contribution is -1.98. The summed E-state index contributed by atoms with van der Waals surface area (Å²) in [6.45, 7) is 1.78. The molecule has 5 heteroatoms. The minimum absolute atomic E-state index is 0.0252. The summed E-state index contributed by atoms with van der Waals surface area (Å²) < 4.78 is 24.6. The van der Waals surface area contributed by atoms with Gasteiger partial charge in [0.15, 0.2) is 0 Å². The van der Waals surface area contributed by atoms with Gasteiger partial charge in [-0.15, -0.1) is 0 Å². The minimum atomic E-state index is -2.62. The van der Waals surface area contributed by atoms with Crippen LogP contribution in [-0.2, 0) is 5.33 Å². The van der Waals surface area contributed by atoms with E-state index < -0.39 is 6.43 Å². The lowest BCUT2D eigenvalue weighted by molar-refractivity contribution is 0.146. The van der Waals surface area contributed by atoms with Crippen LogP contribution in [0, 0.1) is 6.92 Å². The van der Waals surface area contributed by atoms with Gasteiger partial charge in [-0.1, -0.05) is 27.5 Å². The number of hydrogen-bond donors (Lipinski definition) is 0. The van der Waals surface area contributed by atoms with Crippen molar-refractivity contribution in [2.24, 2.45) is 0 Å². The van der Waals surface area contributed by atoms with Crippen molar-refractivity contribution in [1.82, 2.24) is 4.98 Å². The molecule has 1 aromatic rings. The topological polar surface area (TPSA) is 12.9 Å². The zero-order chi connectivity index (χ0) is 10.0. The Morgan fingerprint density at radius 3 is 2.69 bits per heavy atom. The van der Waals surface area contributed by atoms with E-state index >= 15 is 0 Å². The first-order valence-electron chi connectivity index (χ1n) is 3.56. The lowest BCUT2D eigenvalue weighted by atomic mass is 10.2. The van der Waals surface area contributed by atoms with Crippen LogP contribution in [-0.4, -0.2) is 4.98 Å². The Kier molecular flexibility index (Phi) is 3.62. The second-order valence-electron chi connectivity index (χ2n) is 2.55. The van der Waals surface area contributed by atoms with Crippen LogP contribution in [0.5, 0.6) is 0 Å². The van der Waals surface area contributed by atoms with Crippen LogP contribution < -0.4 is 0 Å². The highest BCUT2D eigenvalue weighted by Crippen LogP contribution is 2.27. The highest BCUT2D eigenvalue weighted by atomic mass is 79.9. The van der Waals surface area contributed by atoms with Gasteiger partial charge in [-0.05, 0) is 18.6 Å². The molecule has 1 nitrogen and oxygen atoms in total. The number of aromatic nitrogens is 1. The second-order valence-corrected chi connectivity index (χ2v) is 3.52. The van der Waals surface area contributed by atoms with Crippen molar-refractivity contribution in [3.8, 4) is 0 Å². The van der Waals surface area contributed by atoms with Gasteiger partial charge in [0.1, 0.15) is 5.69 Å². The fourth-order valence-electron chi connectivity index (χ4n) is 0.923. The van der Waals surface area contributed by atoms with Crippen LogP contribution in [0.15, 0.2) is 6.07 Å². The van der Waals surface area contributed by atoms with Crippen molar-refractivity contribution in [2.75, 3.05) is 0 Å². The number of rotatable bonds is 2. The van der Waals surface area contributed by atoms with E-state index in [4.69, 9.17) is 11.6 Å². The summed E-state index contributed by atoms with van der Waals surface area (Å²) >= 11 is 8.76. The summed E-state index contributed by atoms with van der Waals surface area (Å²) in [5.74, 6) is 0. The highest BCUT2D eigenvalue weighted by Gasteiger charge is 2.15. The molecule has 0 amide bonds. The van der Waals surface area contributed by atoms with Crippen LogP contribution in [0.3, 0.4) is 0 Å². The molecule has 1 aromatic heterocycles. The van der Waals surface area contributed by atoms with Crippen LogP contribution >= 0.6 is 27.5 Å². The second kappa shape index (κ2) is 4.33. The van der Waals surface area contributed by atoms with E-state index in [1.165, 1.54) is 6.07 Å². The van der Waals surface area contributed by atoms with Crippen LogP contribution in [0.4, 0.5) is 8.78 Å². The van der Waals surface area contributed by atoms with Crippen molar-refractivity contribution in [1.29, 1.82) is 0 Å². The Bertz CT molecular complexity index is 317. The van der Waals surface area contributed by atoms with Crippen LogP contribution in [0.25, 0.3) is 0 Å². The third-order valence-corrected chi connectivity index (χ3v) is 2.47. The molecule has 0 spiro atoms. The molecule has 0 bridgehead atoms. The molecule has 0 aromatic carbocycles. The molecule has 0 radical (unpaired) electrons. The highest BCUT2D eigenvalue weighted by molar-refractivity contribution is 9.08. The van der Waals surface area contributed by atoms with Crippen molar-refractivity contribution >= 4 is 27.5 Å². The predicted molar refractivity (Wildman–Crippen MR) is 51.6 cm³/mol. The zero-order valence-corrected chi connectivity index (χ0v) is 9.16. The van der Waals surface area contributed by atoms with E-state index in [0.29, 0.717) is 11.0 Å². The number of aryl methyl sites for hydroxylation is 1. The lowest BCUT2D eigenvalue weighted by Gasteiger charge is -2.06. The Hall–Kier alpha value is -0.220. The van der Waals surface area contributed by atoms with Crippen LogP contribution in [0.1, 0.15) is 23.4 Å². The molecule has 1 rings (SSSR count). The summed E-state index contributed by atoms with van der Waals surface area (Å²) in [6, 6.07) is 1.51. The fraction of sp³-hybridized carbons (Fsp3) is 0.375. The maximum Gasteiger partial charge on any atom is 0.281 e. The fourth-order valence-corrected chi connectivity index (χ4v) is 1.78.